The van der Waals surface area contributed by atoms with Crippen LogP contribution in [-0.4, -0.2) is 87.5 Å². The summed E-state index contributed by atoms with van der Waals surface area (Å²) in [6.45, 7) is 9.62. The summed E-state index contributed by atoms with van der Waals surface area (Å²) >= 11 is 0. The lowest BCUT2D eigenvalue weighted by atomic mass is 10.0. The molecule has 0 radical (unpaired) electrons. The quantitative estimate of drug-likeness (QED) is 0.123. The number of primary amides is 2. The summed E-state index contributed by atoms with van der Waals surface area (Å²) in [5.41, 5.74) is 9.41. The Balaban J connectivity index is 0. The van der Waals surface area contributed by atoms with Crippen molar-refractivity contribution in [2.45, 2.75) is 117 Å². The molecule has 5 amide bonds. The first-order valence-corrected chi connectivity index (χ1v) is 14.8. The molecule has 0 aromatic carbocycles. The highest BCUT2D eigenvalue weighted by molar-refractivity contribution is 5.93. The van der Waals surface area contributed by atoms with Gasteiger partial charge in [-0.25, -0.2) is 0 Å². The van der Waals surface area contributed by atoms with E-state index in [4.69, 9.17) is 15.9 Å². The van der Waals surface area contributed by atoms with Gasteiger partial charge in [-0.15, -0.1) is 0 Å². The fraction of sp³-hybridized carbons (Fsp3) is 0.724. The number of nitrogens with two attached hydrogens (primary N) is 2. The Morgan fingerprint density at radius 2 is 1.52 bits per heavy atom. The second-order valence-electron chi connectivity index (χ2n) is 11.2. The average Bonchev–Trinajstić information content (AvgIpc) is 3.39. The van der Waals surface area contributed by atoms with E-state index in [-0.39, 0.29) is 49.4 Å². The van der Waals surface area contributed by atoms with E-state index >= 15 is 0 Å². The molecule has 4 atom stereocenters. The van der Waals surface area contributed by atoms with Crippen LogP contribution >= 0.6 is 0 Å². The maximum absolute atomic E-state index is 13.1. The lowest BCUT2D eigenvalue weighted by Gasteiger charge is -2.29. The Labute approximate surface area is 258 Å². The van der Waals surface area contributed by atoms with E-state index in [1.165, 1.54) is 11.8 Å². The number of hydrogen-bond donors (Lipinski definition) is 6. The van der Waals surface area contributed by atoms with E-state index in [1.54, 1.807) is 0 Å². The van der Waals surface area contributed by atoms with Crippen LogP contribution in [0.5, 0.6) is 0 Å². The molecule has 1 aliphatic heterocycles. The molecule has 8 N–H and O–H groups in total. The maximum Gasteiger partial charge on any atom is 0.305 e. The molecule has 1 fully saturated rings. The molecule has 1 rings (SSSR count). The van der Waals surface area contributed by atoms with Crippen molar-refractivity contribution >= 4 is 47.8 Å². The van der Waals surface area contributed by atoms with Crippen LogP contribution in [0.2, 0.25) is 0 Å². The molecule has 1 aliphatic rings. The van der Waals surface area contributed by atoms with Crippen molar-refractivity contribution in [3.8, 4) is 0 Å². The van der Waals surface area contributed by atoms with Gasteiger partial charge in [0.25, 0.3) is 0 Å². The highest BCUT2D eigenvalue weighted by Gasteiger charge is 2.38. The van der Waals surface area contributed by atoms with Crippen LogP contribution in [0.1, 0.15) is 98.8 Å². The molecule has 0 saturated carbocycles. The number of likely N-dealkylation sites (tertiary alicyclic amines) is 1. The minimum Gasteiger partial charge on any atom is -0.481 e. The SMILES string of the molecule is CC(C)CCCC(N)=O.CC(N)=O.CCC(C)CC(=O)NC(CCC(=O)O)C(=O)N1CCCC1C(=O)NC(C=O)CC(=O)O. The number of carboxylic acids is 2. The van der Waals surface area contributed by atoms with E-state index in [9.17, 15) is 38.4 Å². The first-order chi connectivity index (χ1) is 20.4. The molecule has 0 aromatic heterocycles. The average molecular weight is 630 g/mol. The number of rotatable bonds is 17. The molecule has 15 nitrogen and oxygen atoms in total. The predicted molar refractivity (Wildman–Crippen MR) is 161 cm³/mol. The number of carbonyl (C=O) groups is 8. The number of nitrogens with one attached hydrogen (secondary N) is 2. The van der Waals surface area contributed by atoms with Gasteiger partial charge in [-0.1, -0.05) is 40.5 Å². The van der Waals surface area contributed by atoms with Gasteiger partial charge in [0.15, 0.2) is 0 Å². The Morgan fingerprint density at radius 1 is 0.932 bits per heavy atom. The number of nitrogens with zero attached hydrogens (tertiary/aromatic N) is 1. The third-order valence-electron chi connectivity index (χ3n) is 6.44. The third-order valence-corrected chi connectivity index (χ3v) is 6.44. The summed E-state index contributed by atoms with van der Waals surface area (Å²) in [6.07, 6.45) is 3.62. The number of hydrogen-bond acceptors (Lipinski definition) is 8. The van der Waals surface area contributed by atoms with Gasteiger partial charge in [0.1, 0.15) is 18.4 Å². The highest BCUT2D eigenvalue weighted by Crippen LogP contribution is 2.20. The van der Waals surface area contributed by atoms with E-state index in [0.29, 0.717) is 31.5 Å². The van der Waals surface area contributed by atoms with Crippen LogP contribution in [-0.2, 0) is 38.4 Å². The summed E-state index contributed by atoms with van der Waals surface area (Å²) < 4.78 is 0. The van der Waals surface area contributed by atoms with Crippen LogP contribution in [0.15, 0.2) is 0 Å². The lowest BCUT2D eigenvalue weighted by Crippen LogP contribution is -2.55. The summed E-state index contributed by atoms with van der Waals surface area (Å²) in [5, 5.41) is 22.7. The number of aliphatic carboxylic acids is 2. The summed E-state index contributed by atoms with van der Waals surface area (Å²) in [4.78, 5) is 91.4. The van der Waals surface area contributed by atoms with Gasteiger partial charge in [0.05, 0.1) is 12.5 Å². The van der Waals surface area contributed by atoms with E-state index < -0.39 is 48.3 Å². The topological polar surface area (TPSA) is 256 Å². The Hall–Kier alpha value is -4.04. The van der Waals surface area contributed by atoms with Gasteiger partial charge >= 0.3 is 11.9 Å². The summed E-state index contributed by atoms with van der Waals surface area (Å²) in [5.74, 6) is -3.72. The highest BCUT2D eigenvalue weighted by atomic mass is 16.4. The molecule has 4 unspecified atom stereocenters. The largest absolute Gasteiger partial charge is 0.481 e. The van der Waals surface area contributed by atoms with Crippen molar-refractivity contribution in [1.82, 2.24) is 15.5 Å². The van der Waals surface area contributed by atoms with Gasteiger partial charge in [-0.05, 0) is 37.5 Å². The number of carbonyl (C=O) groups excluding carboxylic acids is 6. The van der Waals surface area contributed by atoms with Gasteiger partial charge in [0.2, 0.25) is 29.5 Å². The predicted octanol–water partition coefficient (Wildman–Crippen LogP) is 0.711. The van der Waals surface area contributed by atoms with Gasteiger partial charge in [-0.3, -0.25) is 33.6 Å². The number of amides is 5. The van der Waals surface area contributed by atoms with Gasteiger partial charge in [0, 0.05) is 32.7 Å². The van der Waals surface area contributed by atoms with Crippen LogP contribution in [0.25, 0.3) is 0 Å². The van der Waals surface area contributed by atoms with Gasteiger partial charge < -0.3 is 42.0 Å². The number of carboxylic acid groups (broad SMARTS) is 2. The molecule has 44 heavy (non-hydrogen) atoms. The minimum atomic E-state index is -1.26. The second-order valence-corrected chi connectivity index (χ2v) is 11.2. The summed E-state index contributed by atoms with van der Waals surface area (Å²) in [6, 6.07) is -3.25. The van der Waals surface area contributed by atoms with Crippen molar-refractivity contribution < 1.29 is 48.6 Å². The second kappa shape index (κ2) is 23.4. The van der Waals surface area contributed by atoms with Crippen LogP contribution < -0.4 is 22.1 Å². The molecular formula is C29H51N5O10. The molecule has 1 saturated heterocycles. The fourth-order valence-corrected chi connectivity index (χ4v) is 4.03. The van der Waals surface area contributed by atoms with Crippen molar-refractivity contribution in [2.75, 3.05) is 6.54 Å². The Morgan fingerprint density at radius 3 is 1.98 bits per heavy atom. The smallest absolute Gasteiger partial charge is 0.305 e. The van der Waals surface area contributed by atoms with E-state index in [2.05, 4.69) is 30.2 Å². The number of aldehydes is 1. The monoisotopic (exact) mass is 629 g/mol. The van der Waals surface area contributed by atoms with Crippen molar-refractivity contribution in [2.24, 2.45) is 23.3 Å². The first kappa shape index (κ1) is 42.1. The van der Waals surface area contributed by atoms with Gasteiger partial charge in [-0.2, -0.15) is 0 Å². The maximum atomic E-state index is 13.1. The Bertz CT molecular complexity index is 968. The lowest BCUT2D eigenvalue weighted by molar-refractivity contribution is -0.144. The van der Waals surface area contributed by atoms with E-state index in [1.807, 2.05) is 13.8 Å². The minimum absolute atomic E-state index is 0.0926. The van der Waals surface area contributed by atoms with Crippen LogP contribution in [0.3, 0.4) is 0 Å². The van der Waals surface area contributed by atoms with Crippen molar-refractivity contribution in [3.05, 3.63) is 0 Å². The van der Waals surface area contributed by atoms with Crippen molar-refractivity contribution in [3.63, 3.8) is 0 Å². The normalized spacial score (nSPS) is 15.7. The zero-order valence-corrected chi connectivity index (χ0v) is 26.5. The summed E-state index contributed by atoms with van der Waals surface area (Å²) in [7, 11) is 0. The first-order valence-electron chi connectivity index (χ1n) is 14.8. The van der Waals surface area contributed by atoms with Crippen LogP contribution in [0, 0.1) is 11.8 Å². The standard InChI is InChI=1S/C20H31N3O8.C7H15NO.C2H5NO/c1-3-12(2)9-16(25)22-14(6-7-17(26)27)20(31)23-8-4-5-15(23)19(30)21-13(11-24)10-18(28)29;1-6(2)4-3-5-7(8)9;1-2(3)4/h11-15H,3-10H2,1-2H3,(H,21,30)(H,22,25)(H,26,27)(H,28,29);6H,3-5H2,1-2H3,(H2,8,9);1H3,(H2,3,4). The molecule has 0 bridgehead atoms. The molecule has 0 aromatic rings. The Kier molecular flexibility index (Phi) is 22.4. The molecule has 252 valence electrons. The zero-order chi connectivity index (χ0) is 34.4. The zero-order valence-electron chi connectivity index (χ0n) is 26.5. The molecule has 15 heteroatoms. The van der Waals surface area contributed by atoms with Crippen molar-refractivity contribution in [1.29, 1.82) is 0 Å². The fourth-order valence-electron chi connectivity index (χ4n) is 4.03. The molecule has 0 aliphatic carbocycles. The molecular weight excluding hydrogens is 578 g/mol. The van der Waals surface area contributed by atoms with Crippen LogP contribution in [0.4, 0.5) is 0 Å². The van der Waals surface area contributed by atoms with E-state index in [0.717, 1.165) is 19.3 Å². The molecule has 0 spiro atoms. The molecule has 1 heterocycles. The third kappa shape index (κ3) is 21.6.